The molecule has 0 aromatic heterocycles. The van der Waals surface area contributed by atoms with Crippen molar-refractivity contribution in [3.05, 3.63) is 29.8 Å². The normalized spacial score (nSPS) is 13.3. The lowest BCUT2D eigenvalue weighted by Crippen LogP contribution is -2.14. The maximum absolute atomic E-state index is 10.6. The van der Waals surface area contributed by atoms with Crippen LogP contribution in [0, 0.1) is 5.92 Å². The third kappa shape index (κ3) is 13.5. The highest BCUT2D eigenvalue weighted by Crippen LogP contribution is 2.40. The van der Waals surface area contributed by atoms with Crippen LogP contribution < -0.4 is 0 Å². The first kappa shape index (κ1) is 29.1. The maximum atomic E-state index is 10.6. The first-order valence-corrected chi connectivity index (χ1v) is 14.5. The molecule has 0 fully saturated rings. The van der Waals surface area contributed by atoms with E-state index < -0.39 is 0 Å². The zero-order valence-corrected chi connectivity index (χ0v) is 22.1. The Labute approximate surface area is 201 Å². The molecule has 186 valence electrons. The van der Waals surface area contributed by atoms with Gasteiger partial charge in [0.1, 0.15) is 5.75 Å². The second-order valence-corrected chi connectivity index (χ2v) is 10.2. The third-order valence-electron chi connectivity index (χ3n) is 7.36. The SMILES string of the molecule is CCCCCCCCCCCC(c1ccccc1O)C(CCC)CCCCCCCCC. The van der Waals surface area contributed by atoms with Crippen molar-refractivity contribution in [1.29, 1.82) is 0 Å². The van der Waals surface area contributed by atoms with Gasteiger partial charge in [0.05, 0.1) is 0 Å². The van der Waals surface area contributed by atoms with Crippen LogP contribution in [-0.4, -0.2) is 5.11 Å². The lowest BCUT2D eigenvalue weighted by atomic mass is 9.77. The number of phenols is 1. The fourth-order valence-electron chi connectivity index (χ4n) is 5.40. The molecule has 1 nitrogen and oxygen atoms in total. The van der Waals surface area contributed by atoms with Gasteiger partial charge in [0.15, 0.2) is 0 Å². The molecule has 0 aliphatic heterocycles. The average molecular weight is 445 g/mol. The van der Waals surface area contributed by atoms with Gasteiger partial charge in [-0.25, -0.2) is 0 Å². The monoisotopic (exact) mass is 444 g/mol. The van der Waals surface area contributed by atoms with Crippen molar-refractivity contribution >= 4 is 0 Å². The summed E-state index contributed by atoms with van der Waals surface area (Å²) in [6, 6.07) is 8.19. The van der Waals surface area contributed by atoms with Crippen molar-refractivity contribution in [2.75, 3.05) is 0 Å². The van der Waals surface area contributed by atoms with E-state index in [1.165, 1.54) is 134 Å². The highest BCUT2D eigenvalue weighted by molar-refractivity contribution is 5.35. The van der Waals surface area contributed by atoms with E-state index in [2.05, 4.69) is 32.9 Å². The Hall–Kier alpha value is -0.980. The van der Waals surface area contributed by atoms with Crippen LogP contribution in [0.3, 0.4) is 0 Å². The molecule has 0 spiro atoms. The van der Waals surface area contributed by atoms with E-state index in [1.54, 1.807) is 0 Å². The first-order valence-electron chi connectivity index (χ1n) is 14.5. The molecule has 0 aliphatic carbocycles. The van der Waals surface area contributed by atoms with Crippen LogP contribution in [-0.2, 0) is 0 Å². The Bertz CT molecular complexity index is 523. The highest BCUT2D eigenvalue weighted by atomic mass is 16.3. The van der Waals surface area contributed by atoms with Gasteiger partial charge in [-0.2, -0.15) is 0 Å². The summed E-state index contributed by atoms with van der Waals surface area (Å²) in [5, 5.41) is 10.6. The van der Waals surface area contributed by atoms with Crippen LogP contribution in [0.5, 0.6) is 5.75 Å². The smallest absolute Gasteiger partial charge is 0.119 e. The summed E-state index contributed by atoms with van der Waals surface area (Å²) in [5.41, 5.74) is 1.22. The number of hydrogen-bond donors (Lipinski definition) is 1. The van der Waals surface area contributed by atoms with Crippen molar-refractivity contribution in [1.82, 2.24) is 0 Å². The number of unbranched alkanes of at least 4 members (excludes halogenated alkanes) is 14. The van der Waals surface area contributed by atoms with Gasteiger partial charge in [0.25, 0.3) is 0 Å². The number of hydrogen-bond acceptors (Lipinski definition) is 1. The van der Waals surface area contributed by atoms with Gasteiger partial charge in [0, 0.05) is 0 Å². The van der Waals surface area contributed by atoms with Crippen molar-refractivity contribution in [3.63, 3.8) is 0 Å². The summed E-state index contributed by atoms with van der Waals surface area (Å²) < 4.78 is 0. The number of aromatic hydroxyl groups is 1. The summed E-state index contributed by atoms with van der Waals surface area (Å²) in [7, 11) is 0. The molecule has 1 N–H and O–H groups in total. The van der Waals surface area contributed by atoms with Gasteiger partial charge in [-0.3, -0.25) is 0 Å². The zero-order valence-electron chi connectivity index (χ0n) is 22.1. The number of para-hydroxylation sites is 1. The summed E-state index contributed by atoms with van der Waals surface area (Å²) >= 11 is 0. The minimum Gasteiger partial charge on any atom is -0.508 e. The van der Waals surface area contributed by atoms with E-state index in [4.69, 9.17) is 0 Å². The lowest BCUT2D eigenvalue weighted by Gasteiger charge is -2.28. The Morgan fingerprint density at radius 1 is 0.531 bits per heavy atom. The van der Waals surface area contributed by atoms with Gasteiger partial charge < -0.3 is 5.11 Å². The molecule has 1 heteroatoms. The predicted molar refractivity (Wildman–Crippen MR) is 144 cm³/mol. The fraction of sp³-hybridized carbons (Fsp3) is 0.806. The molecule has 0 amide bonds. The van der Waals surface area contributed by atoms with E-state index in [-0.39, 0.29) is 0 Å². The van der Waals surface area contributed by atoms with E-state index in [1.807, 2.05) is 12.1 Å². The largest absolute Gasteiger partial charge is 0.508 e. The summed E-state index contributed by atoms with van der Waals surface area (Å²) in [6.07, 6.45) is 27.3. The van der Waals surface area contributed by atoms with Crippen LogP contribution in [0.15, 0.2) is 24.3 Å². The molecule has 1 aromatic rings. The van der Waals surface area contributed by atoms with Crippen molar-refractivity contribution in [3.8, 4) is 5.75 Å². The lowest BCUT2D eigenvalue weighted by molar-refractivity contribution is 0.321. The molecule has 0 heterocycles. The molecule has 1 rings (SSSR count). The van der Waals surface area contributed by atoms with Crippen LogP contribution in [0.4, 0.5) is 0 Å². The summed E-state index contributed by atoms with van der Waals surface area (Å²) in [5.74, 6) is 1.77. The molecule has 0 aliphatic rings. The standard InChI is InChI=1S/C31H56O/c1-4-7-9-11-13-14-16-18-20-25-29(30-26-21-22-27-31(30)32)28(23-6-3)24-19-17-15-12-10-8-5-2/h21-22,26-29,32H,4-20,23-25H2,1-3H3. The Balaban J connectivity index is 2.52. The highest BCUT2D eigenvalue weighted by Gasteiger charge is 2.24. The van der Waals surface area contributed by atoms with Gasteiger partial charge in [-0.1, -0.05) is 155 Å². The predicted octanol–water partition coefficient (Wildman–Crippen LogP) is 11.0. The number of benzene rings is 1. The van der Waals surface area contributed by atoms with Crippen LogP contribution in [0.2, 0.25) is 0 Å². The average Bonchev–Trinajstić information content (AvgIpc) is 2.80. The second-order valence-electron chi connectivity index (χ2n) is 10.2. The molecule has 0 saturated carbocycles. The van der Waals surface area contributed by atoms with Gasteiger partial charge in [0.2, 0.25) is 0 Å². The minimum absolute atomic E-state index is 0.522. The molecule has 32 heavy (non-hydrogen) atoms. The molecule has 0 radical (unpaired) electrons. The Morgan fingerprint density at radius 2 is 1.00 bits per heavy atom. The summed E-state index contributed by atoms with van der Waals surface area (Å²) in [6.45, 7) is 6.92. The van der Waals surface area contributed by atoms with Crippen LogP contribution in [0.1, 0.15) is 161 Å². The van der Waals surface area contributed by atoms with E-state index in [0.29, 0.717) is 11.7 Å². The molecule has 2 unspecified atom stereocenters. The van der Waals surface area contributed by atoms with Gasteiger partial charge in [-0.15, -0.1) is 0 Å². The van der Waals surface area contributed by atoms with E-state index >= 15 is 0 Å². The van der Waals surface area contributed by atoms with Crippen molar-refractivity contribution < 1.29 is 5.11 Å². The Morgan fingerprint density at radius 3 is 1.50 bits per heavy atom. The second kappa shape index (κ2) is 20.6. The topological polar surface area (TPSA) is 20.2 Å². The van der Waals surface area contributed by atoms with Gasteiger partial charge >= 0.3 is 0 Å². The van der Waals surface area contributed by atoms with Crippen molar-refractivity contribution in [2.24, 2.45) is 5.92 Å². The number of phenolic OH excluding ortho intramolecular Hbond substituents is 1. The van der Waals surface area contributed by atoms with Gasteiger partial charge in [-0.05, 0) is 36.3 Å². The molecular weight excluding hydrogens is 388 g/mol. The third-order valence-corrected chi connectivity index (χ3v) is 7.36. The Kier molecular flexibility index (Phi) is 18.7. The fourth-order valence-corrected chi connectivity index (χ4v) is 5.40. The van der Waals surface area contributed by atoms with E-state index in [9.17, 15) is 5.11 Å². The quantitative estimate of drug-likeness (QED) is 0.176. The zero-order chi connectivity index (χ0) is 23.3. The number of rotatable bonds is 22. The van der Waals surface area contributed by atoms with Crippen molar-refractivity contribution in [2.45, 2.75) is 155 Å². The molecule has 0 bridgehead atoms. The van der Waals surface area contributed by atoms with Crippen LogP contribution in [0.25, 0.3) is 0 Å². The molecule has 0 saturated heterocycles. The summed E-state index contributed by atoms with van der Waals surface area (Å²) in [4.78, 5) is 0. The molecular formula is C31H56O. The molecule has 2 atom stereocenters. The first-order chi connectivity index (χ1) is 15.7. The molecule has 1 aromatic carbocycles. The van der Waals surface area contributed by atoms with E-state index in [0.717, 1.165) is 5.92 Å². The van der Waals surface area contributed by atoms with Crippen LogP contribution >= 0.6 is 0 Å². The minimum atomic E-state index is 0.522. The maximum Gasteiger partial charge on any atom is 0.119 e.